The minimum Gasteiger partial charge on any atom is -0.393 e. The highest BCUT2D eigenvalue weighted by Crippen LogP contribution is 2.31. The first kappa shape index (κ1) is 21.0. The average molecular weight is 387 g/mol. The molecule has 27 heavy (non-hydrogen) atoms. The van der Waals surface area contributed by atoms with E-state index >= 15 is 0 Å². The molecule has 0 aromatic heterocycles. The highest BCUT2D eigenvalue weighted by Gasteiger charge is 2.35. The number of benzene rings is 1. The molecule has 6 nitrogen and oxygen atoms in total. The summed E-state index contributed by atoms with van der Waals surface area (Å²) in [5, 5.41) is 14.6. The van der Waals surface area contributed by atoms with Crippen molar-refractivity contribution in [3.63, 3.8) is 0 Å². The molecule has 0 bridgehead atoms. The van der Waals surface area contributed by atoms with E-state index in [1.54, 1.807) is 6.92 Å². The number of hydrogen-bond donors (Lipinski definition) is 3. The van der Waals surface area contributed by atoms with Crippen LogP contribution in [0.3, 0.4) is 0 Å². The van der Waals surface area contributed by atoms with E-state index in [4.69, 9.17) is 0 Å². The smallest absolute Gasteiger partial charge is 0.393 e. The molecule has 1 fully saturated rings. The van der Waals surface area contributed by atoms with E-state index in [0.717, 1.165) is 12.1 Å². The van der Waals surface area contributed by atoms with Crippen molar-refractivity contribution in [2.45, 2.75) is 45.0 Å². The zero-order chi connectivity index (χ0) is 20.2. The van der Waals surface area contributed by atoms with Gasteiger partial charge < -0.3 is 20.6 Å². The highest BCUT2D eigenvalue weighted by molar-refractivity contribution is 6.01. The standard InChI is InChI=1S/C18H24F3N3O3/c1-11(9-12(2)25)10-22-17(27)23-15-7-8-24(16(15)26)14-5-3-13(4-6-14)18(19,20)21/h3-6,11-12,15,25H,7-10H2,1-2H3,(H2,22,23,27). The molecule has 1 saturated heterocycles. The van der Waals surface area contributed by atoms with Crippen LogP contribution < -0.4 is 15.5 Å². The summed E-state index contributed by atoms with van der Waals surface area (Å²) in [5.41, 5.74) is -0.415. The molecule has 2 rings (SSSR count). The van der Waals surface area contributed by atoms with Crippen molar-refractivity contribution in [3.8, 4) is 0 Å². The summed E-state index contributed by atoms with van der Waals surface area (Å²) >= 11 is 0. The summed E-state index contributed by atoms with van der Waals surface area (Å²) in [4.78, 5) is 25.7. The zero-order valence-electron chi connectivity index (χ0n) is 15.2. The Hall–Kier alpha value is -2.29. The molecule has 0 radical (unpaired) electrons. The summed E-state index contributed by atoms with van der Waals surface area (Å²) in [6, 6.07) is 3.15. The monoisotopic (exact) mass is 387 g/mol. The summed E-state index contributed by atoms with van der Waals surface area (Å²) in [7, 11) is 0. The second-order valence-electron chi connectivity index (χ2n) is 6.92. The Kier molecular flexibility index (Phi) is 6.69. The summed E-state index contributed by atoms with van der Waals surface area (Å²) < 4.78 is 37.9. The van der Waals surface area contributed by atoms with Gasteiger partial charge in [0, 0.05) is 18.8 Å². The third kappa shape index (κ3) is 5.85. The zero-order valence-corrected chi connectivity index (χ0v) is 15.2. The van der Waals surface area contributed by atoms with E-state index in [0.29, 0.717) is 31.6 Å². The van der Waals surface area contributed by atoms with Gasteiger partial charge in [0.05, 0.1) is 11.7 Å². The fourth-order valence-electron chi connectivity index (χ4n) is 3.04. The predicted molar refractivity (Wildman–Crippen MR) is 94.2 cm³/mol. The second kappa shape index (κ2) is 8.60. The topological polar surface area (TPSA) is 81.7 Å². The molecule has 1 aliphatic heterocycles. The van der Waals surface area contributed by atoms with Gasteiger partial charge in [-0.15, -0.1) is 0 Å². The van der Waals surface area contributed by atoms with Crippen LogP contribution in [0, 0.1) is 5.92 Å². The molecule has 3 unspecified atom stereocenters. The number of carbonyl (C=O) groups excluding carboxylic acids is 2. The lowest BCUT2D eigenvalue weighted by atomic mass is 10.1. The van der Waals surface area contributed by atoms with Gasteiger partial charge in [-0.25, -0.2) is 4.79 Å². The molecular formula is C18H24F3N3O3. The van der Waals surface area contributed by atoms with Crippen molar-refractivity contribution < 1.29 is 27.9 Å². The minimum absolute atomic E-state index is 0.0821. The predicted octanol–water partition coefficient (Wildman–Crippen LogP) is 2.52. The number of anilines is 1. The molecular weight excluding hydrogens is 363 g/mol. The molecule has 1 aliphatic rings. The van der Waals surface area contributed by atoms with E-state index in [1.165, 1.54) is 17.0 Å². The number of rotatable bonds is 6. The van der Waals surface area contributed by atoms with Crippen molar-refractivity contribution in [2.75, 3.05) is 18.0 Å². The Bertz CT molecular complexity index is 662. The number of hydrogen-bond acceptors (Lipinski definition) is 3. The van der Waals surface area contributed by atoms with E-state index < -0.39 is 29.9 Å². The number of amides is 3. The summed E-state index contributed by atoms with van der Waals surface area (Å²) in [6.07, 6.45) is -3.97. The SMILES string of the molecule is CC(O)CC(C)CNC(=O)NC1CCN(c2ccc(C(F)(F)F)cc2)C1=O. The van der Waals surface area contributed by atoms with E-state index in [1.807, 2.05) is 6.92 Å². The van der Waals surface area contributed by atoms with Gasteiger partial charge in [-0.2, -0.15) is 13.2 Å². The summed E-state index contributed by atoms with van der Waals surface area (Å²) in [5.74, 6) is -0.277. The van der Waals surface area contributed by atoms with Gasteiger partial charge in [0.15, 0.2) is 0 Å². The number of aliphatic hydroxyl groups is 1. The van der Waals surface area contributed by atoms with Crippen molar-refractivity contribution in [1.82, 2.24) is 10.6 Å². The molecule has 3 N–H and O–H groups in total. The van der Waals surface area contributed by atoms with Crippen LogP contribution in [0.15, 0.2) is 24.3 Å². The first-order valence-electron chi connectivity index (χ1n) is 8.79. The van der Waals surface area contributed by atoms with Crippen LogP contribution in [0.2, 0.25) is 0 Å². The first-order chi connectivity index (χ1) is 12.6. The van der Waals surface area contributed by atoms with E-state index in [9.17, 15) is 27.9 Å². The van der Waals surface area contributed by atoms with Gasteiger partial charge >= 0.3 is 12.2 Å². The number of nitrogens with zero attached hydrogens (tertiary/aromatic N) is 1. The van der Waals surface area contributed by atoms with Crippen LogP contribution in [0.4, 0.5) is 23.7 Å². The van der Waals surface area contributed by atoms with Crippen LogP contribution in [0.5, 0.6) is 0 Å². The fourth-order valence-corrected chi connectivity index (χ4v) is 3.04. The second-order valence-corrected chi connectivity index (χ2v) is 6.92. The number of halogens is 3. The quantitative estimate of drug-likeness (QED) is 0.702. The molecule has 1 aromatic carbocycles. The molecule has 3 amide bonds. The molecule has 0 saturated carbocycles. The molecule has 0 spiro atoms. The van der Waals surface area contributed by atoms with Crippen molar-refractivity contribution in [1.29, 1.82) is 0 Å². The van der Waals surface area contributed by atoms with Gasteiger partial charge in [-0.3, -0.25) is 4.79 Å². The minimum atomic E-state index is -4.43. The van der Waals surface area contributed by atoms with E-state index in [-0.39, 0.29) is 11.8 Å². The first-order valence-corrected chi connectivity index (χ1v) is 8.79. The number of alkyl halides is 3. The maximum absolute atomic E-state index is 12.6. The Morgan fingerprint density at radius 1 is 1.30 bits per heavy atom. The Balaban J connectivity index is 1.88. The fraction of sp³-hybridized carbons (Fsp3) is 0.556. The molecule has 150 valence electrons. The molecule has 1 aromatic rings. The molecule has 9 heteroatoms. The van der Waals surface area contributed by atoms with Crippen LogP contribution in [0.25, 0.3) is 0 Å². The van der Waals surface area contributed by atoms with Gasteiger partial charge in [0.25, 0.3) is 0 Å². The van der Waals surface area contributed by atoms with Crippen molar-refractivity contribution in [2.24, 2.45) is 5.92 Å². The Labute approximate surface area is 155 Å². The maximum atomic E-state index is 12.6. The lowest BCUT2D eigenvalue weighted by Gasteiger charge is -2.19. The van der Waals surface area contributed by atoms with Crippen LogP contribution in [-0.2, 0) is 11.0 Å². The van der Waals surface area contributed by atoms with Crippen LogP contribution in [0.1, 0.15) is 32.3 Å². The highest BCUT2D eigenvalue weighted by atomic mass is 19.4. The van der Waals surface area contributed by atoms with Gasteiger partial charge in [-0.1, -0.05) is 6.92 Å². The number of urea groups is 1. The van der Waals surface area contributed by atoms with Crippen LogP contribution >= 0.6 is 0 Å². The Morgan fingerprint density at radius 2 is 1.93 bits per heavy atom. The maximum Gasteiger partial charge on any atom is 0.416 e. The third-order valence-corrected chi connectivity index (χ3v) is 4.37. The number of nitrogens with one attached hydrogen (secondary N) is 2. The van der Waals surface area contributed by atoms with Gasteiger partial charge in [0.2, 0.25) is 5.91 Å². The largest absolute Gasteiger partial charge is 0.416 e. The number of carbonyl (C=O) groups is 2. The molecule has 1 heterocycles. The van der Waals surface area contributed by atoms with Crippen molar-refractivity contribution in [3.05, 3.63) is 29.8 Å². The molecule has 0 aliphatic carbocycles. The van der Waals surface area contributed by atoms with Crippen molar-refractivity contribution >= 4 is 17.6 Å². The van der Waals surface area contributed by atoms with Crippen LogP contribution in [-0.4, -0.2) is 42.3 Å². The summed E-state index contributed by atoms with van der Waals surface area (Å²) in [6.45, 7) is 4.23. The normalized spacial score (nSPS) is 19.7. The molecule has 3 atom stereocenters. The lowest BCUT2D eigenvalue weighted by Crippen LogP contribution is -2.47. The lowest BCUT2D eigenvalue weighted by molar-refractivity contribution is -0.137. The average Bonchev–Trinajstić information content (AvgIpc) is 2.92. The third-order valence-electron chi connectivity index (χ3n) is 4.37. The van der Waals surface area contributed by atoms with Gasteiger partial charge in [-0.05, 0) is 49.9 Å². The number of aliphatic hydroxyl groups excluding tert-OH is 1. The van der Waals surface area contributed by atoms with E-state index in [2.05, 4.69) is 10.6 Å². The van der Waals surface area contributed by atoms with Gasteiger partial charge in [0.1, 0.15) is 6.04 Å². The Morgan fingerprint density at radius 3 is 2.48 bits per heavy atom.